The Morgan fingerprint density at radius 1 is 1.17 bits per heavy atom. The first-order chi connectivity index (χ1) is 14.1. The minimum Gasteiger partial charge on any atom is -0.339 e. The van der Waals surface area contributed by atoms with Gasteiger partial charge in [-0.05, 0) is 56.9 Å². The second-order valence-corrected chi connectivity index (χ2v) is 9.38. The van der Waals surface area contributed by atoms with Crippen LogP contribution in [0.4, 0.5) is 0 Å². The monoisotopic (exact) mass is 399 g/mol. The fraction of sp³-hybridized carbons (Fsp3) is 0.773. The van der Waals surface area contributed by atoms with Crippen LogP contribution in [0.25, 0.3) is 0 Å². The molecule has 1 aromatic rings. The number of hydrogen-bond acceptors (Lipinski definition) is 4. The Balaban J connectivity index is 1.20. The lowest BCUT2D eigenvalue weighted by Gasteiger charge is -2.54. The summed E-state index contributed by atoms with van der Waals surface area (Å²) in [5.74, 6) is 1.79. The molecule has 4 saturated heterocycles. The summed E-state index contributed by atoms with van der Waals surface area (Å²) >= 11 is 0. The molecular weight excluding hydrogens is 366 g/mol. The average molecular weight is 400 g/mol. The molecule has 158 valence electrons. The summed E-state index contributed by atoms with van der Waals surface area (Å²) in [5, 5.41) is 4.24. The van der Waals surface area contributed by atoms with Gasteiger partial charge >= 0.3 is 0 Å². The van der Waals surface area contributed by atoms with Crippen LogP contribution < -0.4 is 0 Å². The molecule has 3 atom stereocenters. The Bertz CT molecular complexity index is 769. The fourth-order valence-electron chi connectivity index (χ4n) is 6.31. The van der Waals surface area contributed by atoms with E-state index in [-0.39, 0.29) is 5.91 Å². The summed E-state index contributed by atoms with van der Waals surface area (Å²) in [4.78, 5) is 32.2. The van der Waals surface area contributed by atoms with Crippen molar-refractivity contribution >= 4 is 11.8 Å². The quantitative estimate of drug-likeness (QED) is 0.778. The Kier molecular flexibility index (Phi) is 5.10. The largest absolute Gasteiger partial charge is 0.339 e. The average Bonchev–Trinajstić information content (AvgIpc) is 3.23. The molecule has 7 heteroatoms. The van der Waals surface area contributed by atoms with Crippen molar-refractivity contribution in [2.45, 2.75) is 64.1 Å². The molecule has 0 aliphatic carbocycles. The van der Waals surface area contributed by atoms with Gasteiger partial charge in [0.2, 0.25) is 5.91 Å². The number of hydrogen-bond donors (Lipinski definition) is 0. The predicted octanol–water partition coefficient (Wildman–Crippen LogP) is 1.84. The van der Waals surface area contributed by atoms with Gasteiger partial charge in [-0.15, -0.1) is 0 Å². The van der Waals surface area contributed by atoms with Crippen molar-refractivity contribution in [1.29, 1.82) is 0 Å². The van der Waals surface area contributed by atoms with E-state index in [1.165, 1.54) is 12.8 Å². The molecule has 2 unspecified atom stereocenters. The number of carbonyl (C=O) groups excluding carboxylic acids is 2. The van der Waals surface area contributed by atoms with E-state index in [2.05, 4.69) is 14.9 Å². The molecule has 0 N–H and O–H groups in total. The van der Waals surface area contributed by atoms with E-state index in [4.69, 9.17) is 0 Å². The van der Waals surface area contributed by atoms with Crippen LogP contribution in [0, 0.1) is 11.8 Å². The van der Waals surface area contributed by atoms with Crippen LogP contribution in [-0.2, 0) is 11.3 Å². The van der Waals surface area contributed by atoms with Crippen LogP contribution >= 0.6 is 0 Å². The van der Waals surface area contributed by atoms with Crippen molar-refractivity contribution in [2.24, 2.45) is 11.8 Å². The normalized spacial score (nSPS) is 31.1. The molecule has 29 heavy (non-hydrogen) atoms. The van der Waals surface area contributed by atoms with Gasteiger partial charge in [0.1, 0.15) is 5.69 Å². The molecule has 4 aliphatic heterocycles. The standard InChI is InChI=1S/C22H33N5O2/c1-2-27-20(6-9-23-27)22(29)24-10-7-18(8-11-24)25-13-16-12-17(15-25)19-4-3-5-21(28)26(19)14-16/h6,9,16-19H,2-5,7-8,10-15H2,1H3/t16?,17?,19-/m1/s1. The van der Waals surface area contributed by atoms with Crippen molar-refractivity contribution < 1.29 is 9.59 Å². The summed E-state index contributed by atoms with van der Waals surface area (Å²) in [6, 6.07) is 2.89. The number of aryl methyl sites for hydroxylation is 1. The number of nitrogens with zero attached hydrogens (tertiary/aromatic N) is 5. The third-order valence-corrected chi connectivity index (χ3v) is 7.71. The first-order valence-corrected chi connectivity index (χ1v) is 11.5. The zero-order chi connectivity index (χ0) is 20.0. The number of amides is 2. The zero-order valence-corrected chi connectivity index (χ0v) is 17.5. The highest BCUT2D eigenvalue weighted by Gasteiger charge is 2.45. The summed E-state index contributed by atoms with van der Waals surface area (Å²) < 4.78 is 1.79. The molecule has 0 spiro atoms. The Labute approximate surface area is 173 Å². The van der Waals surface area contributed by atoms with Crippen molar-refractivity contribution in [1.82, 2.24) is 24.5 Å². The Morgan fingerprint density at radius 2 is 2.00 bits per heavy atom. The minimum atomic E-state index is 0.120. The highest BCUT2D eigenvalue weighted by molar-refractivity contribution is 5.92. The summed E-state index contributed by atoms with van der Waals surface area (Å²) in [5.41, 5.74) is 0.709. The molecule has 7 nitrogen and oxygen atoms in total. The summed E-state index contributed by atoms with van der Waals surface area (Å²) in [6.07, 6.45) is 8.13. The van der Waals surface area contributed by atoms with Gasteiger partial charge in [-0.1, -0.05) is 0 Å². The SMILES string of the molecule is CCn1nccc1C(=O)N1CCC(N2CC3CC(C2)[C@H]2CCCC(=O)N2C3)CC1. The molecule has 2 bridgehead atoms. The van der Waals surface area contributed by atoms with Crippen LogP contribution in [0.2, 0.25) is 0 Å². The van der Waals surface area contributed by atoms with Gasteiger partial charge in [0, 0.05) is 64.0 Å². The van der Waals surface area contributed by atoms with Gasteiger partial charge in [0.05, 0.1) is 0 Å². The number of rotatable bonds is 3. The molecule has 2 amide bonds. The molecule has 0 saturated carbocycles. The van der Waals surface area contributed by atoms with E-state index in [0.717, 1.165) is 65.0 Å². The first kappa shape index (κ1) is 19.1. The highest BCUT2D eigenvalue weighted by atomic mass is 16.2. The molecular formula is C22H33N5O2. The van der Waals surface area contributed by atoms with Gasteiger partial charge in [-0.2, -0.15) is 5.10 Å². The predicted molar refractivity (Wildman–Crippen MR) is 109 cm³/mol. The topological polar surface area (TPSA) is 61.7 Å². The van der Waals surface area contributed by atoms with Crippen molar-refractivity contribution in [3.05, 3.63) is 18.0 Å². The summed E-state index contributed by atoms with van der Waals surface area (Å²) in [7, 11) is 0. The maximum atomic E-state index is 12.9. The van der Waals surface area contributed by atoms with E-state index in [1.54, 1.807) is 10.9 Å². The Hall–Kier alpha value is -1.89. The second kappa shape index (κ2) is 7.74. The summed E-state index contributed by atoms with van der Waals surface area (Å²) in [6.45, 7) is 7.62. The second-order valence-electron chi connectivity index (χ2n) is 9.38. The molecule has 1 aromatic heterocycles. The van der Waals surface area contributed by atoms with Crippen LogP contribution in [0.3, 0.4) is 0 Å². The lowest BCUT2D eigenvalue weighted by atomic mass is 9.75. The van der Waals surface area contributed by atoms with E-state index < -0.39 is 0 Å². The number of likely N-dealkylation sites (tertiary alicyclic amines) is 2. The lowest BCUT2D eigenvalue weighted by Crippen LogP contribution is -2.62. The van der Waals surface area contributed by atoms with Crippen molar-refractivity contribution in [2.75, 3.05) is 32.7 Å². The molecule has 0 radical (unpaired) electrons. The van der Waals surface area contributed by atoms with E-state index in [0.29, 0.717) is 35.5 Å². The van der Waals surface area contributed by atoms with Gasteiger partial charge < -0.3 is 9.80 Å². The highest BCUT2D eigenvalue weighted by Crippen LogP contribution is 2.39. The van der Waals surface area contributed by atoms with Gasteiger partial charge in [0.25, 0.3) is 5.91 Å². The van der Waals surface area contributed by atoms with Gasteiger partial charge in [-0.3, -0.25) is 19.2 Å². The number of piperidine rings is 4. The third-order valence-electron chi connectivity index (χ3n) is 7.71. The van der Waals surface area contributed by atoms with E-state index in [1.807, 2.05) is 17.9 Å². The van der Waals surface area contributed by atoms with Gasteiger partial charge in [-0.25, -0.2) is 0 Å². The first-order valence-electron chi connectivity index (χ1n) is 11.5. The van der Waals surface area contributed by atoms with Gasteiger partial charge in [0.15, 0.2) is 0 Å². The molecule has 5 heterocycles. The van der Waals surface area contributed by atoms with Crippen LogP contribution in [0.5, 0.6) is 0 Å². The number of aromatic nitrogens is 2. The molecule has 5 rings (SSSR count). The lowest BCUT2D eigenvalue weighted by molar-refractivity contribution is -0.145. The van der Waals surface area contributed by atoms with E-state index >= 15 is 0 Å². The minimum absolute atomic E-state index is 0.120. The van der Waals surface area contributed by atoms with Crippen LogP contribution in [0.15, 0.2) is 12.3 Å². The molecule has 4 aliphatic rings. The zero-order valence-electron chi connectivity index (χ0n) is 17.5. The number of fused-ring (bicyclic) bond motifs is 4. The van der Waals surface area contributed by atoms with Crippen molar-refractivity contribution in [3.8, 4) is 0 Å². The van der Waals surface area contributed by atoms with E-state index in [9.17, 15) is 9.59 Å². The number of carbonyl (C=O) groups is 2. The Morgan fingerprint density at radius 3 is 2.79 bits per heavy atom. The molecule has 0 aromatic carbocycles. The van der Waals surface area contributed by atoms with Crippen LogP contribution in [-0.4, -0.2) is 81.1 Å². The van der Waals surface area contributed by atoms with Crippen molar-refractivity contribution in [3.63, 3.8) is 0 Å². The molecule has 4 fully saturated rings. The van der Waals surface area contributed by atoms with Crippen LogP contribution in [0.1, 0.15) is 55.9 Å². The maximum Gasteiger partial charge on any atom is 0.272 e. The smallest absolute Gasteiger partial charge is 0.272 e. The third kappa shape index (κ3) is 3.47. The fourth-order valence-corrected chi connectivity index (χ4v) is 6.31. The maximum absolute atomic E-state index is 12.9.